The SMILES string of the molecule is Cc1cc(Cl)nc(S(=O)(=O)C2CCNCC2)n1.Cl. The molecule has 0 saturated carbocycles. The molecule has 0 amide bonds. The maximum atomic E-state index is 12.3. The molecule has 1 saturated heterocycles. The number of rotatable bonds is 2. The third kappa shape index (κ3) is 3.32. The summed E-state index contributed by atoms with van der Waals surface area (Å²) in [7, 11) is -3.45. The Morgan fingerprint density at radius 3 is 2.50 bits per heavy atom. The van der Waals surface area contributed by atoms with E-state index < -0.39 is 15.1 Å². The number of hydrogen-bond donors (Lipinski definition) is 1. The van der Waals surface area contributed by atoms with Gasteiger partial charge in [-0.25, -0.2) is 18.4 Å². The summed E-state index contributed by atoms with van der Waals surface area (Å²) in [6.45, 7) is 3.13. The van der Waals surface area contributed by atoms with Gasteiger partial charge in [-0.15, -0.1) is 12.4 Å². The van der Waals surface area contributed by atoms with Crippen LogP contribution in [-0.4, -0.2) is 36.7 Å². The second-order valence-corrected chi connectivity index (χ2v) is 6.62. The van der Waals surface area contributed by atoms with Crippen molar-refractivity contribution in [3.05, 3.63) is 16.9 Å². The Morgan fingerprint density at radius 2 is 1.94 bits per heavy atom. The van der Waals surface area contributed by atoms with Crippen molar-refractivity contribution in [1.29, 1.82) is 0 Å². The lowest BCUT2D eigenvalue weighted by molar-refractivity contribution is 0.492. The summed E-state index contributed by atoms with van der Waals surface area (Å²) in [5, 5.41) is 2.76. The number of nitrogens with zero attached hydrogens (tertiary/aromatic N) is 2. The molecule has 1 aliphatic rings. The highest BCUT2D eigenvalue weighted by Gasteiger charge is 2.31. The molecule has 0 radical (unpaired) electrons. The second kappa shape index (κ2) is 6.14. The maximum Gasteiger partial charge on any atom is 0.249 e. The van der Waals surface area contributed by atoms with Gasteiger partial charge in [-0.2, -0.15) is 0 Å². The molecule has 1 N–H and O–H groups in total. The van der Waals surface area contributed by atoms with E-state index in [9.17, 15) is 8.42 Å². The van der Waals surface area contributed by atoms with E-state index in [0.29, 0.717) is 31.6 Å². The molecule has 8 heteroatoms. The topological polar surface area (TPSA) is 72.0 Å². The first-order valence-electron chi connectivity index (χ1n) is 5.46. The predicted molar refractivity (Wildman–Crippen MR) is 72.1 cm³/mol. The minimum absolute atomic E-state index is 0. The van der Waals surface area contributed by atoms with Crippen LogP contribution in [0.3, 0.4) is 0 Å². The summed E-state index contributed by atoms with van der Waals surface area (Å²) in [6, 6.07) is 1.54. The van der Waals surface area contributed by atoms with E-state index in [4.69, 9.17) is 11.6 Å². The van der Waals surface area contributed by atoms with Crippen LogP contribution in [0.4, 0.5) is 0 Å². The van der Waals surface area contributed by atoms with Crippen LogP contribution in [0.15, 0.2) is 11.2 Å². The molecule has 0 atom stereocenters. The third-order valence-corrected chi connectivity index (χ3v) is 5.02. The first-order chi connectivity index (χ1) is 8.00. The van der Waals surface area contributed by atoms with Crippen LogP contribution in [0.25, 0.3) is 0 Å². The van der Waals surface area contributed by atoms with Crippen LogP contribution in [0.1, 0.15) is 18.5 Å². The molecule has 0 aromatic carbocycles. The summed E-state index contributed by atoms with van der Waals surface area (Å²) in [5.41, 5.74) is 0.567. The van der Waals surface area contributed by atoms with Gasteiger partial charge in [-0.1, -0.05) is 11.6 Å². The van der Waals surface area contributed by atoms with Crippen molar-refractivity contribution in [2.24, 2.45) is 0 Å². The van der Waals surface area contributed by atoms with E-state index in [1.54, 1.807) is 13.0 Å². The molecule has 2 heterocycles. The molecule has 0 spiro atoms. The van der Waals surface area contributed by atoms with Gasteiger partial charge >= 0.3 is 0 Å². The lowest BCUT2D eigenvalue weighted by atomic mass is 10.2. The molecule has 2 rings (SSSR count). The molecule has 102 valence electrons. The standard InChI is InChI=1S/C10H14ClN3O2S.ClH/c1-7-6-9(11)14-10(13-7)17(15,16)8-2-4-12-5-3-8;/h6,8,12H,2-5H2,1H3;1H. The van der Waals surface area contributed by atoms with Crippen molar-refractivity contribution in [2.75, 3.05) is 13.1 Å². The maximum absolute atomic E-state index is 12.3. The smallest absolute Gasteiger partial charge is 0.249 e. The first-order valence-corrected chi connectivity index (χ1v) is 7.38. The number of hydrogen-bond acceptors (Lipinski definition) is 5. The Hall–Kier alpha value is -0.430. The summed E-state index contributed by atoms with van der Waals surface area (Å²) in [5.74, 6) is 0. The fraction of sp³-hybridized carbons (Fsp3) is 0.600. The number of aryl methyl sites for hydroxylation is 1. The molecule has 0 bridgehead atoms. The monoisotopic (exact) mass is 311 g/mol. The molecule has 0 aliphatic carbocycles. The first kappa shape index (κ1) is 15.6. The van der Waals surface area contributed by atoms with Gasteiger partial charge in [-0.3, -0.25) is 0 Å². The van der Waals surface area contributed by atoms with Gasteiger partial charge in [0.1, 0.15) is 5.15 Å². The largest absolute Gasteiger partial charge is 0.317 e. The number of sulfone groups is 1. The van der Waals surface area contributed by atoms with Gasteiger partial charge in [-0.05, 0) is 38.9 Å². The van der Waals surface area contributed by atoms with Crippen molar-refractivity contribution >= 4 is 33.8 Å². The Kier molecular flexibility index (Phi) is 5.33. The average Bonchev–Trinajstić information content (AvgIpc) is 2.29. The fourth-order valence-corrected chi connectivity index (χ4v) is 3.83. The van der Waals surface area contributed by atoms with E-state index >= 15 is 0 Å². The minimum atomic E-state index is -3.45. The Bertz CT molecular complexity index is 496. The van der Waals surface area contributed by atoms with Crippen LogP contribution >= 0.6 is 24.0 Å². The van der Waals surface area contributed by atoms with Crippen molar-refractivity contribution in [3.8, 4) is 0 Å². The molecular weight excluding hydrogens is 297 g/mol. The van der Waals surface area contributed by atoms with Crippen molar-refractivity contribution in [2.45, 2.75) is 30.2 Å². The van der Waals surface area contributed by atoms with E-state index in [2.05, 4.69) is 15.3 Å². The normalized spacial score (nSPS) is 17.2. The Morgan fingerprint density at radius 1 is 1.33 bits per heavy atom. The van der Waals surface area contributed by atoms with E-state index in [1.807, 2.05) is 0 Å². The van der Waals surface area contributed by atoms with Crippen molar-refractivity contribution in [3.63, 3.8) is 0 Å². The minimum Gasteiger partial charge on any atom is -0.317 e. The Balaban J connectivity index is 0.00000162. The molecule has 18 heavy (non-hydrogen) atoms. The Labute approximate surface area is 118 Å². The van der Waals surface area contributed by atoms with Crippen LogP contribution in [0.2, 0.25) is 5.15 Å². The van der Waals surface area contributed by atoms with E-state index in [1.165, 1.54) is 0 Å². The second-order valence-electron chi connectivity index (χ2n) is 4.11. The van der Waals surface area contributed by atoms with Crippen molar-refractivity contribution in [1.82, 2.24) is 15.3 Å². The van der Waals surface area contributed by atoms with Gasteiger partial charge in [0, 0.05) is 5.69 Å². The lowest BCUT2D eigenvalue weighted by Crippen LogP contribution is -2.36. The molecule has 1 aromatic heterocycles. The zero-order chi connectivity index (χ0) is 12.5. The molecule has 1 aromatic rings. The van der Waals surface area contributed by atoms with Crippen LogP contribution in [-0.2, 0) is 9.84 Å². The predicted octanol–water partition coefficient (Wildman–Crippen LogP) is 1.39. The number of halogens is 2. The highest BCUT2D eigenvalue weighted by Crippen LogP contribution is 2.21. The average molecular weight is 312 g/mol. The van der Waals surface area contributed by atoms with Crippen LogP contribution < -0.4 is 5.32 Å². The quantitative estimate of drug-likeness (QED) is 0.660. The van der Waals surface area contributed by atoms with Gasteiger partial charge in [0.05, 0.1) is 5.25 Å². The van der Waals surface area contributed by atoms with Gasteiger partial charge in [0.2, 0.25) is 15.0 Å². The highest BCUT2D eigenvalue weighted by molar-refractivity contribution is 7.91. The van der Waals surface area contributed by atoms with Crippen molar-refractivity contribution < 1.29 is 8.42 Å². The fourth-order valence-electron chi connectivity index (χ4n) is 1.89. The van der Waals surface area contributed by atoms with E-state index in [0.717, 1.165) is 0 Å². The molecule has 5 nitrogen and oxygen atoms in total. The van der Waals surface area contributed by atoms with Gasteiger partial charge < -0.3 is 5.32 Å². The number of aromatic nitrogens is 2. The zero-order valence-electron chi connectivity index (χ0n) is 9.89. The third-order valence-electron chi connectivity index (χ3n) is 2.78. The number of nitrogens with one attached hydrogen (secondary N) is 1. The molecule has 1 aliphatic heterocycles. The summed E-state index contributed by atoms with van der Waals surface area (Å²) in [6.07, 6.45) is 1.19. The molecular formula is C10H15Cl2N3O2S. The summed E-state index contributed by atoms with van der Waals surface area (Å²) >= 11 is 5.77. The molecule has 0 unspecified atom stereocenters. The van der Waals surface area contributed by atoms with E-state index in [-0.39, 0.29) is 22.7 Å². The molecule has 1 fully saturated rings. The summed E-state index contributed by atoms with van der Waals surface area (Å²) < 4.78 is 24.6. The zero-order valence-corrected chi connectivity index (χ0v) is 12.3. The lowest BCUT2D eigenvalue weighted by Gasteiger charge is -2.21. The highest BCUT2D eigenvalue weighted by atomic mass is 35.5. The van der Waals surface area contributed by atoms with Gasteiger partial charge in [0.15, 0.2) is 0 Å². The van der Waals surface area contributed by atoms with Crippen LogP contribution in [0.5, 0.6) is 0 Å². The van der Waals surface area contributed by atoms with Gasteiger partial charge in [0.25, 0.3) is 0 Å². The summed E-state index contributed by atoms with van der Waals surface area (Å²) in [4.78, 5) is 7.80. The number of piperidine rings is 1. The van der Waals surface area contributed by atoms with Crippen LogP contribution in [0, 0.1) is 6.92 Å².